The van der Waals surface area contributed by atoms with Crippen LogP contribution in [0.1, 0.15) is 32.0 Å². The molecule has 1 aliphatic heterocycles. The maximum atomic E-state index is 12.6. The zero-order chi connectivity index (χ0) is 17.3. The molecule has 0 spiro atoms. The molecule has 2 aromatic rings. The van der Waals surface area contributed by atoms with Gasteiger partial charge in [-0.1, -0.05) is 39.0 Å². The minimum atomic E-state index is -0.471. The number of nitrogens with zero attached hydrogens (tertiary/aromatic N) is 2. The van der Waals surface area contributed by atoms with Crippen LogP contribution < -0.4 is 10.2 Å². The largest absolute Gasteiger partial charge is 0.311 e. The number of fused-ring (bicyclic) bond motifs is 1. The van der Waals surface area contributed by atoms with Crippen molar-refractivity contribution in [3.8, 4) is 0 Å². The van der Waals surface area contributed by atoms with Crippen LogP contribution in [0.2, 0.25) is 0 Å². The molecule has 0 aliphatic carbocycles. The Hall–Kier alpha value is -2.21. The van der Waals surface area contributed by atoms with E-state index in [1.807, 2.05) is 49.3 Å². The van der Waals surface area contributed by atoms with Gasteiger partial charge in [0.05, 0.1) is 12.1 Å². The summed E-state index contributed by atoms with van der Waals surface area (Å²) in [5.74, 6) is -0.0397. The average Bonchev–Trinajstić information content (AvgIpc) is 3.13. The van der Waals surface area contributed by atoms with E-state index in [0.29, 0.717) is 10.8 Å². The lowest BCUT2D eigenvalue weighted by atomic mass is 9.96. The fourth-order valence-corrected chi connectivity index (χ4v) is 3.28. The number of rotatable bonds is 3. The molecule has 0 saturated carbocycles. The van der Waals surface area contributed by atoms with E-state index in [0.717, 1.165) is 18.7 Å². The summed E-state index contributed by atoms with van der Waals surface area (Å²) in [6, 6.07) is 7.99. The number of carbonyl (C=O) groups is 2. The van der Waals surface area contributed by atoms with Crippen molar-refractivity contribution in [1.29, 1.82) is 0 Å². The zero-order valence-corrected chi connectivity index (χ0v) is 14.9. The van der Waals surface area contributed by atoms with Gasteiger partial charge in [-0.2, -0.15) is 0 Å². The predicted octanol–water partition coefficient (Wildman–Crippen LogP) is 3.26. The number of hydrogen-bond acceptors (Lipinski definition) is 4. The molecule has 1 aliphatic rings. The van der Waals surface area contributed by atoms with Crippen molar-refractivity contribution in [3.63, 3.8) is 0 Å². The highest BCUT2D eigenvalue weighted by Gasteiger charge is 2.25. The van der Waals surface area contributed by atoms with Crippen molar-refractivity contribution >= 4 is 34.0 Å². The molecule has 0 saturated heterocycles. The maximum absolute atomic E-state index is 12.6. The highest BCUT2D eigenvalue weighted by atomic mass is 32.1. The number of nitrogens with one attached hydrogen (secondary N) is 1. The van der Waals surface area contributed by atoms with Gasteiger partial charge in [-0.25, -0.2) is 4.98 Å². The Morgan fingerprint density at radius 2 is 2.04 bits per heavy atom. The molecule has 2 heterocycles. The standard InChI is InChI=1S/C18H21N3O2S/c1-18(2,3)16(23)20-17-19-13(11-24-17)10-15(22)21-9-8-12-6-4-5-7-14(12)21/h4-7,11H,8-10H2,1-3H3,(H,19,20,23). The number of aromatic nitrogens is 1. The van der Waals surface area contributed by atoms with E-state index >= 15 is 0 Å². The van der Waals surface area contributed by atoms with Crippen LogP contribution in [0.25, 0.3) is 0 Å². The molecule has 1 N–H and O–H groups in total. The first-order valence-corrected chi connectivity index (χ1v) is 8.87. The van der Waals surface area contributed by atoms with Crippen LogP contribution >= 0.6 is 11.3 Å². The summed E-state index contributed by atoms with van der Waals surface area (Å²) in [7, 11) is 0. The lowest BCUT2D eigenvalue weighted by Crippen LogP contribution is -2.30. The summed E-state index contributed by atoms with van der Waals surface area (Å²) in [4.78, 5) is 30.8. The first-order chi connectivity index (χ1) is 11.3. The van der Waals surface area contributed by atoms with E-state index < -0.39 is 5.41 Å². The second-order valence-corrected chi connectivity index (χ2v) is 7.81. The third-order valence-corrected chi connectivity index (χ3v) is 4.78. The molecular weight excluding hydrogens is 322 g/mol. The summed E-state index contributed by atoms with van der Waals surface area (Å²) in [5, 5.41) is 5.18. The van der Waals surface area contributed by atoms with E-state index in [1.165, 1.54) is 16.9 Å². The summed E-state index contributed by atoms with van der Waals surface area (Å²) >= 11 is 1.35. The number of amides is 2. The third-order valence-electron chi connectivity index (χ3n) is 3.97. The van der Waals surface area contributed by atoms with Crippen LogP contribution in [-0.4, -0.2) is 23.3 Å². The minimum Gasteiger partial charge on any atom is -0.311 e. The Morgan fingerprint density at radius 3 is 2.79 bits per heavy atom. The molecule has 6 heteroatoms. The summed E-state index contributed by atoms with van der Waals surface area (Å²) in [5.41, 5.74) is 2.43. The molecule has 0 radical (unpaired) electrons. The molecule has 0 bridgehead atoms. The number of benzene rings is 1. The minimum absolute atomic E-state index is 0.0407. The smallest absolute Gasteiger partial charge is 0.233 e. The topological polar surface area (TPSA) is 62.3 Å². The molecule has 1 aromatic carbocycles. The van der Waals surface area contributed by atoms with Crippen LogP contribution in [-0.2, 0) is 22.4 Å². The number of para-hydroxylation sites is 1. The molecular formula is C18H21N3O2S. The molecule has 5 nitrogen and oxygen atoms in total. The Bertz CT molecular complexity index is 777. The van der Waals surface area contributed by atoms with Gasteiger partial charge in [-0.05, 0) is 18.1 Å². The molecule has 1 aromatic heterocycles. The van der Waals surface area contributed by atoms with Gasteiger partial charge in [0.1, 0.15) is 0 Å². The Kier molecular flexibility index (Phi) is 4.41. The number of hydrogen-bond donors (Lipinski definition) is 1. The maximum Gasteiger partial charge on any atom is 0.233 e. The van der Waals surface area contributed by atoms with E-state index in [9.17, 15) is 9.59 Å². The van der Waals surface area contributed by atoms with Crippen molar-refractivity contribution in [1.82, 2.24) is 4.98 Å². The van der Waals surface area contributed by atoms with Crippen molar-refractivity contribution in [3.05, 3.63) is 40.9 Å². The van der Waals surface area contributed by atoms with E-state index in [-0.39, 0.29) is 18.2 Å². The molecule has 2 amide bonds. The molecule has 0 fully saturated rings. The van der Waals surface area contributed by atoms with E-state index in [1.54, 1.807) is 0 Å². The molecule has 126 valence electrons. The van der Waals surface area contributed by atoms with Crippen molar-refractivity contribution in [2.75, 3.05) is 16.8 Å². The van der Waals surface area contributed by atoms with Crippen LogP contribution in [0, 0.1) is 5.41 Å². The number of anilines is 2. The van der Waals surface area contributed by atoms with E-state index in [2.05, 4.69) is 16.4 Å². The van der Waals surface area contributed by atoms with Gasteiger partial charge in [0.2, 0.25) is 11.8 Å². The van der Waals surface area contributed by atoms with Gasteiger partial charge in [0, 0.05) is 23.0 Å². The average molecular weight is 343 g/mol. The highest BCUT2D eigenvalue weighted by molar-refractivity contribution is 7.13. The predicted molar refractivity (Wildman–Crippen MR) is 96.4 cm³/mol. The second-order valence-electron chi connectivity index (χ2n) is 6.95. The van der Waals surface area contributed by atoms with Crippen LogP contribution in [0.15, 0.2) is 29.6 Å². The number of thiazole rings is 1. The number of carbonyl (C=O) groups excluding carboxylic acids is 2. The molecule has 0 atom stereocenters. The second kappa shape index (κ2) is 6.36. The Balaban J connectivity index is 1.65. The van der Waals surface area contributed by atoms with Crippen molar-refractivity contribution in [2.45, 2.75) is 33.6 Å². The zero-order valence-electron chi connectivity index (χ0n) is 14.1. The van der Waals surface area contributed by atoms with Crippen LogP contribution in [0.4, 0.5) is 10.8 Å². The fraction of sp³-hybridized carbons (Fsp3) is 0.389. The van der Waals surface area contributed by atoms with Gasteiger partial charge >= 0.3 is 0 Å². The summed E-state index contributed by atoms with van der Waals surface area (Å²) < 4.78 is 0. The monoisotopic (exact) mass is 343 g/mol. The summed E-state index contributed by atoms with van der Waals surface area (Å²) in [6.07, 6.45) is 1.14. The van der Waals surface area contributed by atoms with E-state index in [4.69, 9.17) is 0 Å². The van der Waals surface area contributed by atoms with Crippen LogP contribution in [0.3, 0.4) is 0 Å². The van der Waals surface area contributed by atoms with Gasteiger partial charge in [-0.3, -0.25) is 9.59 Å². The Morgan fingerprint density at radius 1 is 1.29 bits per heavy atom. The van der Waals surface area contributed by atoms with Crippen molar-refractivity contribution in [2.24, 2.45) is 5.41 Å². The molecule has 24 heavy (non-hydrogen) atoms. The molecule has 3 rings (SSSR count). The summed E-state index contributed by atoms with van der Waals surface area (Å²) in [6.45, 7) is 6.28. The van der Waals surface area contributed by atoms with Crippen molar-refractivity contribution < 1.29 is 9.59 Å². The SMILES string of the molecule is CC(C)(C)C(=O)Nc1nc(CC(=O)N2CCc3ccccc32)cs1. The van der Waals surface area contributed by atoms with Gasteiger partial charge in [0.15, 0.2) is 5.13 Å². The lowest BCUT2D eigenvalue weighted by molar-refractivity contribution is -0.123. The highest BCUT2D eigenvalue weighted by Crippen LogP contribution is 2.28. The first kappa shape index (κ1) is 16.6. The quantitative estimate of drug-likeness (QED) is 0.930. The Labute approximate surface area is 145 Å². The fourth-order valence-electron chi connectivity index (χ4n) is 2.58. The lowest BCUT2D eigenvalue weighted by Gasteiger charge is -2.17. The normalized spacial score (nSPS) is 13.7. The first-order valence-electron chi connectivity index (χ1n) is 7.99. The van der Waals surface area contributed by atoms with Crippen LogP contribution in [0.5, 0.6) is 0 Å². The molecule has 0 unspecified atom stereocenters. The van der Waals surface area contributed by atoms with Gasteiger partial charge < -0.3 is 10.2 Å². The van der Waals surface area contributed by atoms with Gasteiger partial charge in [-0.15, -0.1) is 11.3 Å². The third kappa shape index (κ3) is 3.48. The van der Waals surface area contributed by atoms with Gasteiger partial charge in [0.25, 0.3) is 0 Å².